The summed E-state index contributed by atoms with van der Waals surface area (Å²) < 4.78 is 5.39. The first kappa shape index (κ1) is 38.6. The van der Waals surface area contributed by atoms with Crippen molar-refractivity contribution in [1.29, 1.82) is 0 Å². The average Bonchev–Trinajstić information content (AvgIpc) is 3.66. The number of benzene rings is 3. The highest BCUT2D eigenvalue weighted by Crippen LogP contribution is 2.52. The van der Waals surface area contributed by atoms with Crippen LogP contribution in [0.4, 0.5) is 11.4 Å². The van der Waals surface area contributed by atoms with Crippen LogP contribution in [-0.4, -0.2) is 30.0 Å². The van der Waals surface area contributed by atoms with Gasteiger partial charge in [0.15, 0.2) is 5.78 Å². The number of allylic oxidation sites excluding steroid dienone is 3. The lowest BCUT2D eigenvalue weighted by molar-refractivity contribution is -0.137. The predicted molar refractivity (Wildman–Crippen MR) is 204 cm³/mol. The number of Topliss-reactive ketones (excluding diaryl/α,β-unsaturated/α-hetero) is 1. The summed E-state index contributed by atoms with van der Waals surface area (Å²) >= 11 is 0. The molecule has 1 aliphatic carbocycles. The Morgan fingerprint density at radius 1 is 0.958 bits per heavy atom. The molecule has 0 radical (unpaired) electrons. The zero-order chi connectivity index (χ0) is 35.2. The van der Waals surface area contributed by atoms with Gasteiger partial charge in [-0.3, -0.25) is 9.59 Å². The second-order valence-electron chi connectivity index (χ2n) is 13.7. The minimum Gasteiger partial charge on any atom is -0.497 e. The molecule has 1 heterocycles. The standard InChI is InChI=1S/C30H33NO2.C7H14O2.C6H12/c1-4-5-7-22(20(2)32)16-21-10-15-30-28(17-21)27-8-6-9-29(27)31(30)25-13-11-24-19-26(33-3)14-12-23(24)18-25;1-3-6(2)4-5-7(8)9;1-4-5-6(2)3/h10-19,27,29H,4-9H2,1-3H3;6H,3-5H2,1-2H3,(H,8,9);5H,4H2,1-3H3/b22-16-;;. The second kappa shape index (κ2) is 19.2. The topological polar surface area (TPSA) is 66.8 Å². The smallest absolute Gasteiger partial charge is 0.303 e. The van der Waals surface area contributed by atoms with Gasteiger partial charge in [-0.15, -0.1) is 0 Å². The lowest BCUT2D eigenvalue weighted by Crippen LogP contribution is -2.26. The number of rotatable bonds is 12. The molecule has 3 aromatic rings. The second-order valence-corrected chi connectivity index (χ2v) is 13.7. The van der Waals surface area contributed by atoms with Gasteiger partial charge in [-0.25, -0.2) is 0 Å². The van der Waals surface area contributed by atoms with Crippen LogP contribution in [0.5, 0.6) is 5.75 Å². The van der Waals surface area contributed by atoms with Gasteiger partial charge < -0.3 is 14.7 Å². The monoisotopic (exact) mass is 653 g/mol. The van der Waals surface area contributed by atoms with E-state index in [1.165, 1.54) is 59.0 Å². The molecule has 3 unspecified atom stereocenters. The number of carbonyl (C=O) groups excluding carboxylic acids is 1. The summed E-state index contributed by atoms with van der Waals surface area (Å²) in [5, 5.41) is 10.7. The Morgan fingerprint density at radius 3 is 2.29 bits per heavy atom. The number of ketones is 1. The first-order valence-electron chi connectivity index (χ1n) is 18.1. The lowest BCUT2D eigenvalue weighted by Gasteiger charge is -2.27. The number of aliphatic carboxylic acids is 1. The van der Waals surface area contributed by atoms with Crippen LogP contribution < -0.4 is 9.64 Å². The van der Waals surface area contributed by atoms with Crippen molar-refractivity contribution in [3.05, 3.63) is 82.9 Å². The Morgan fingerprint density at radius 2 is 1.69 bits per heavy atom. The summed E-state index contributed by atoms with van der Waals surface area (Å²) in [4.78, 5) is 24.8. The normalized spacial score (nSPS) is 16.9. The van der Waals surface area contributed by atoms with Crippen LogP contribution in [0.15, 0.2) is 71.8 Å². The molecule has 48 heavy (non-hydrogen) atoms. The van der Waals surface area contributed by atoms with Crippen LogP contribution in [0, 0.1) is 5.92 Å². The number of fused-ring (bicyclic) bond motifs is 4. The highest BCUT2D eigenvalue weighted by molar-refractivity contribution is 5.98. The quantitative estimate of drug-likeness (QED) is 0.156. The molecule has 1 fully saturated rings. The summed E-state index contributed by atoms with van der Waals surface area (Å²) in [6.07, 6.45) is 14.5. The third-order valence-electron chi connectivity index (χ3n) is 9.58. The number of carboxylic acid groups (broad SMARTS) is 1. The Kier molecular flexibility index (Phi) is 15.4. The number of carboxylic acids is 1. The molecular formula is C43H59NO4. The van der Waals surface area contributed by atoms with Gasteiger partial charge in [-0.05, 0) is 135 Å². The minimum atomic E-state index is -0.685. The van der Waals surface area contributed by atoms with Gasteiger partial charge in [0.05, 0.1) is 7.11 Å². The highest BCUT2D eigenvalue weighted by atomic mass is 16.5. The van der Waals surface area contributed by atoms with Gasteiger partial charge in [0.1, 0.15) is 5.75 Å². The van der Waals surface area contributed by atoms with Crippen molar-refractivity contribution in [2.45, 2.75) is 125 Å². The molecule has 3 aromatic carbocycles. The Bertz CT molecular complexity index is 1560. The Balaban J connectivity index is 0.000000349. The Hall–Kier alpha value is -3.86. The fourth-order valence-corrected chi connectivity index (χ4v) is 6.69. The zero-order valence-electron chi connectivity index (χ0n) is 30.8. The molecule has 5 heteroatoms. The minimum absolute atomic E-state index is 0.192. The first-order chi connectivity index (χ1) is 23.0. The molecule has 0 amide bonds. The Labute approximate surface area is 290 Å². The molecule has 5 nitrogen and oxygen atoms in total. The molecule has 0 saturated heterocycles. The molecular weight excluding hydrogens is 594 g/mol. The van der Waals surface area contributed by atoms with E-state index < -0.39 is 5.97 Å². The number of ether oxygens (including phenoxy) is 1. The van der Waals surface area contributed by atoms with Crippen LogP contribution in [0.25, 0.3) is 16.8 Å². The highest BCUT2D eigenvalue weighted by Gasteiger charge is 2.42. The summed E-state index contributed by atoms with van der Waals surface area (Å²) in [6.45, 7) is 14.4. The van der Waals surface area contributed by atoms with E-state index in [0.29, 0.717) is 24.3 Å². The number of methoxy groups -OCH3 is 1. The molecule has 3 atom stereocenters. The van der Waals surface area contributed by atoms with Crippen molar-refractivity contribution >= 4 is 40.0 Å². The van der Waals surface area contributed by atoms with E-state index in [1.54, 1.807) is 14.0 Å². The number of unbranched alkanes of at least 4 members (excludes halogenated alkanes) is 1. The van der Waals surface area contributed by atoms with Crippen molar-refractivity contribution in [2.75, 3.05) is 12.0 Å². The molecule has 0 aromatic heterocycles. The van der Waals surface area contributed by atoms with E-state index in [1.807, 2.05) is 6.07 Å². The fourth-order valence-electron chi connectivity index (χ4n) is 6.69. The number of hydrogen-bond acceptors (Lipinski definition) is 4. The number of anilines is 2. The van der Waals surface area contributed by atoms with E-state index >= 15 is 0 Å². The molecule has 260 valence electrons. The van der Waals surface area contributed by atoms with Crippen molar-refractivity contribution in [3.8, 4) is 5.75 Å². The summed E-state index contributed by atoms with van der Waals surface area (Å²) in [7, 11) is 1.71. The van der Waals surface area contributed by atoms with Crippen molar-refractivity contribution in [3.63, 3.8) is 0 Å². The maximum absolute atomic E-state index is 12.2. The molecule has 1 aliphatic heterocycles. The van der Waals surface area contributed by atoms with Crippen molar-refractivity contribution in [1.82, 2.24) is 0 Å². The molecule has 0 bridgehead atoms. The van der Waals surface area contributed by atoms with Gasteiger partial charge in [0.25, 0.3) is 0 Å². The average molecular weight is 654 g/mol. The van der Waals surface area contributed by atoms with E-state index in [4.69, 9.17) is 9.84 Å². The van der Waals surface area contributed by atoms with Gasteiger partial charge >= 0.3 is 5.97 Å². The fraction of sp³-hybridized carbons (Fsp3) is 0.488. The van der Waals surface area contributed by atoms with Crippen LogP contribution in [0.2, 0.25) is 0 Å². The number of nitrogens with zero attached hydrogens (tertiary/aromatic N) is 1. The maximum Gasteiger partial charge on any atom is 0.303 e. The molecule has 2 aliphatic rings. The number of hydrogen-bond donors (Lipinski definition) is 1. The molecule has 0 spiro atoms. The third kappa shape index (κ3) is 10.8. The van der Waals surface area contributed by atoms with Gasteiger partial charge in [0, 0.05) is 29.8 Å². The van der Waals surface area contributed by atoms with Crippen LogP contribution in [-0.2, 0) is 9.59 Å². The summed E-state index contributed by atoms with van der Waals surface area (Å²) in [5.41, 5.74) is 7.55. The van der Waals surface area contributed by atoms with Crippen molar-refractivity contribution in [2.24, 2.45) is 5.92 Å². The number of carbonyl (C=O) groups is 2. The molecule has 1 N–H and O–H groups in total. The molecule has 1 saturated carbocycles. The van der Waals surface area contributed by atoms with Gasteiger partial charge in [0.2, 0.25) is 0 Å². The predicted octanol–water partition coefficient (Wildman–Crippen LogP) is 12.1. The van der Waals surface area contributed by atoms with Crippen LogP contribution in [0.3, 0.4) is 0 Å². The summed E-state index contributed by atoms with van der Waals surface area (Å²) in [5.74, 6) is 1.52. The maximum atomic E-state index is 12.2. The first-order valence-corrected chi connectivity index (χ1v) is 18.1. The van der Waals surface area contributed by atoms with E-state index in [-0.39, 0.29) is 5.78 Å². The van der Waals surface area contributed by atoms with E-state index in [0.717, 1.165) is 49.0 Å². The lowest BCUT2D eigenvalue weighted by atomic mass is 9.94. The van der Waals surface area contributed by atoms with Gasteiger partial charge in [-0.1, -0.05) is 76.8 Å². The van der Waals surface area contributed by atoms with Crippen molar-refractivity contribution < 1.29 is 19.4 Å². The van der Waals surface area contributed by atoms with E-state index in [9.17, 15) is 9.59 Å². The SMILES string of the molecule is CCC(C)CCC(=O)O.CCC=C(C)C.CCCC/C(=C/c1ccc2c(c1)C1CCCC1N2c1ccc2cc(OC)ccc2c1)C(C)=O. The third-order valence-corrected chi connectivity index (χ3v) is 9.58. The van der Waals surface area contributed by atoms with Gasteiger partial charge in [-0.2, -0.15) is 0 Å². The van der Waals surface area contributed by atoms with Crippen LogP contribution in [0.1, 0.15) is 130 Å². The summed E-state index contributed by atoms with van der Waals surface area (Å²) in [6, 6.07) is 20.4. The molecule has 5 rings (SSSR count). The van der Waals surface area contributed by atoms with E-state index in [2.05, 4.69) is 107 Å². The largest absolute Gasteiger partial charge is 0.497 e. The zero-order valence-corrected chi connectivity index (χ0v) is 30.8. The van der Waals surface area contributed by atoms with Crippen LogP contribution >= 0.6 is 0 Å².